The highest BCUT2D eigenvalue weighted by Crippen LogP contribution is 2.38. The predicted octanol–water partition coefficient (Wildman–Crippen LogP) is 4.70. The number of rotatable bonds is 3. The van der Waals surface area contributed by atoms with Crippen LogP contribution in [0.1, 0.15) is 4.88 Å². The van der Waals surface area contributed by atoms with Crippen LogP contribution in [0.2, 0.25) is 0 Å². The highest BCUT2D eigenvalue weighted by molar-refractivity contribution is 9.11. The standard InChI is InChI=1S/C15H11Br2NO3S/c16-10-7-12-13(21-6-5-20-12)8-11(10)18-15(19)4-2-9-1-3-14(17)22-9/h1-4,7-8H,5-6H2,(H,18,19)/b4-2+. The number of carbonyl (C=O) groups excluding carboxylic acids is 1. The molecule has 0 unspecified atom stereocenters. The molecule has 3 rings (SSSR count). The molecule has 2 aromatic rings. The molecule has 22 heavy (non-hydrogen) atoms. The molecule has 0 atom stereocenters. The molecule has 1 N–H and O–H groups in total. The van der Waals surface area contributed by atoms with Gasteiger partial charge in [0.2, 0.25) is 5.91 Å². The Morgan fingerprint density at radius 1 is 1.18 bits per heavy atom. The van der Waals surface area contributed by atoms with Gasteiger partial charge in [-0.1, -0.05) is 0 Å². The smallest absolute Gasteiger partial charge is 0.248 e. The van der Waals surface area contributed by atoms with Gasteiger partial charge in [0, 0.05) is 27.6 Å². The quantitative estimate of drug-likeness (QED) is 0.698. The third-order valence-electron chi connectivity index (χ3n) is 2.88. The lowest BCUT2D eigenvalue weighted by molar-refractivity contribution is -0.111. The van der Waals surface area contributed by atoms with Crippen LogP contribution in [0.15, 0.2) is 38.6 Å². The van der Waals surface area contributed by atoms with Gasteiger partial charge in [-0.15, -0.1) is 11.3 Å². The maximum atomic E-state index is 12.0. The van der Waals surface area contributed by atoms with Crippen LogP contribution in [0.25, 0.3) is 6.08 Å². The first-order chi connectivity index (χ1) is 10.6. The van der Waals surface area contributed by atoms with Crippen LogP contribution in [-0.4, -0.2) is 19.1 Å². The number of carbonyl (C=O) groups is 1. The lowest BCUT2D eigenvalue weighted by Gasteiger charge is -2.19. The average Bonchev–Trinajstić information content (AvgIpc) is 2.91. The van der Waals surface area contributed by atoms with Gasteiger partial charge < -0.3 is 14.8 Å². The Morgan fingerprint density at radius 3 is 2.59 bits per heavy atom. The van der Waals surface area contributed by atoms with E-state index in [1.54, 1.807) is 29.5 Å². The second-order valence-corrected chi connectivity index (χ2v) is 7.79. The Morgan fingerprint density at radius 2 is 1.91 bits per heavy atom. The lowest BCUT2D eigenvalue weighted by atomic mass is 10.2. The maximum absolute atomic E-state index is 12.0. The summed E-state index contributed by atoms with van der Waals surface area (Å²) in [6.07, 6.45) is 3.28. The largest absolute Gasteiger partial charge is 0.486 e. The van der Waals surface area contributed by atoms with E-state index >= 15 is 0 Å². The number of ether oxygens (including phenoxy) is 2. The number of benzene rings is 1. The monoisotopic (exact) mass is 443 g/mol. The molecule has 0 saturated carbocycles. The van der Waals surface area contributed by atoms with Crippen molar-refractivity contribution >= 4 is 60.9 Å². The number of hydrogen-bond donors (Lipinski definition) is 1. The van der Waals surface area contributed by atoms with Crippen LogP contribution >= 0.6 is 43.2 Å². The van der Waals surface area contributed by atoms with E-state index in [1.165, 1.54) is 6.08 Å². The van der Waals surface area contributed by atoms with Gasteiger partial charge in [0.15, 0.2) is 11.5 Å². The fraction of sp³-hybridized carbons (Fsp3) is 0.133. The van der Waals surface area contributed by atoms with E-state index in [9.17, 15) is 4.79 Å². The molecule has 1 amide bonds. The molecule has 1 aliphatic heterocycles. The number of nitrogens with one attached hydrogen (secondary N) is 1. The third kappa shape index (κ3) is 3.71. The molecule has 0 saturated heterocycles. The van der Waals surface area contributed by atoms with E-state index in [-0.39, 0.29) is 5.91 Å². The molecular weight excluding hydrogens is 434 g/mol. The second kappa shape index (κ2) is 6.85. The van der Waals surface area contributed by atoms with Crippen molar-refractivity contribution in [2.75, 3.05) is 18.5 Å². The minimum atomic E-state index is -0.207. The summed E-state index contributed by atoms with van der Waals surface area (Å²) in [5, 5.41) is 2.82. The van der Waals surface area contributed by atoms with Crippen molar-refractivity contribution in [2.24, 2.45) is 0 Å². The topological polar surface area (TPSA) is 47.6 Å². The van der Waals surface area contributed by atoms with Gasteiger partial charge in [0.1, 0.15) is 13.2 Å². The Labute approximate surface area is 148 Å². The van der Waals surface area contributed by atoms with Crippen molar-refractivity contribution in [1.29, 1.82) is 0 Å². The summed E-state index contributed by atoms with van der Waals surface area (Å²) >= 11 is 8.38. The van der Waals surface area contributed by atoms with Crippen molar-refractivity contribution in [1.82, 2.24) is 0 Å². The van der Waals surface area contributed by atoms with Crippen molar-refractivity contribution < 1.29 is 14.3 Å². The molecule has 1 aliphatic rings. The third-order valence-corrected chi connectivity index (χ3v) is 5.13. The first-order valence-electron chi connectivity index (χ1n) is 6.45. The number of amides is 1. The fourth-order valence-electron chi connectivity index (χ4n) is 1.91. The summed E-state index contributed by atoms with van der Waals surface area (Å²) in [6, 6.07) is 7.44. The molecule has 0 fully saturated rings. The molecule has 1 aromatic heterocycles. The Balaban J connectivity index is 1.72. The summed E-state index contributed by atoms with van der Waals surface area (Å²) in [5.74, 6) is 1.10. The average molecular weight is 445 g/mol. The molecule has 7 heteroatoms. The summed E-state index contributed by atoms with van der Waals surface area (Å²) in [5.41, 5.74) is 0.645. The van der Waals surface area contributed by atoms with Gasteiger partial charge >= 0.3 is 0 Å². The van der Waals surface area contributed by atoms with Crippen LogP contribution < -0.4 is 14.8 Å². The number of fused-ring (bicyclic) bond motifs is 1. The van der Waals surface area contributed by atoms with Crippen LogP contribution in [0.3, 0.4) is 0 Å². The van der Waals surface area contributed by atoms with E-state index in [4.69, 9.17) is 9.47 Å². The van der Waals surface area contributed by atoms with Gasteiger partial charge in [-0.2, -0.15) is 0 Å². The number of halogens is 2. The van der Waals surface area contributed by atoms with Crippen molar-refractivity contribution in [2.45, 2.75) is 0 Å². The van der Waals surface area contributed by atoms with Crippen LogP contribution in [0, 0.1) is 0 Å². The van der Waals surface area contributed by atoms with E-state index in [0.717, 1.165) is 13.1 Å². The lowest BCUT2D eigenvalue weighted by Crippen LogP contribution is -2.16. The molecule has 0 bridgehead atoms. The van der Waals surface area contributed by atoms with Crippen LogP contribution in [-0.2, 0) is 4.79 Å². The second-order valence-electron chi connectivity index (χ2n) is 4.44. The fourth-order valence-corrected chi connectivity index (χ4v) is 3.66. The number of thiophene rings is 1. The highest BCUT2D eigenvalue weighted by Gasteiger charge is 2.15. The summed E-state index contributed by atoms with van der Waals surface area (Å²) in [4.78, 5) is 13.0. The molecule has 114 valence electrons. The molecule has 2 heterocycles. The molecule has 1 aromatic carbocycles. The number of hydrogen-bond acceptors (Lipinski definition) is 4. The maximum Gasteiger partial charge on any atom is 0.248 e. The Hall–Kier alpha value is -1.31. The SMILES string of the molecule is O=C(/C=C/c1ccc(Br)s1)Nc1cc2c(cc1Br)OCCO2. The molecule has 0 radical (unpaired) electrons. The molecular formula is C15H11Br2NO3S. The van der Waals surface area contributed by atoms with Crippen molar-refractivity contribution in [3.63, 3.8) is 0 Å². The van der Waals surface area contributed by atoms with Gasteiger partial charge in [-0.05, 0) is 50.1 Å². The molecule has 0 aliphatic carbocycles. The van der Waals surface area contributed by atoms with Crippen molar-refractivity contribution in [3.05, 3.63) is 43.5 Å². The summed E-state index contributed by atoms with van der Waals surface area (Å²) in [6.45, 7) is 1.04. The van der Waals surface area contributed by atoms with E-state index < -0.39 is 0 Å². The minimum Gasteiger partial charge on any atom is -0.486 e. The summed E-state index contributed by atoms with van der Waals surface area (Å²) < 4.78 is 12.8. The normalized spacial score (nSPS) is 13.4. The van der Waals surface area contributed by atoms with Gasteiger partial charge in [0.05, 0.1) is 9.47 Å². The first kappa shape index (κ1) is 15.6. The predicted molar refractivity (Wildman–Crippen MR) is 94.8 cm³/mol. The van der Waals surface area contributed by atoms with E-state index in [0.29, 0.717) is 30.4 Å². The number of anilines is 1. The zero-order chi connectivity index (χ0) is 15.5. The summed E-state index contributed by atoms with van der Waals surface area (Å²) in [7, 11) is 0. The highest BCUT2D eigenvalue weighted by atomic mass is 79.9. The molecule has 4 nitrogen and oxygen atoms in total. The van der Waals surface area contributed by atoms with E-state index in [2.05, 4.69) is 37.2 Å². The zero-order valence-corrected chi connectivity index (χ0v) is 15.3. The van der Waals surface area contributed by atoms with Crippen LogP contribution in [0.5, 0.6) is 11.5 Å². The van der Waals surface area contributed by atoms with Gasteiger partial charge in [0.25, 0.3) is 0 Å². The van der Waals surface area contributed by atoms with E-state index in [1.807, 2.05) is 12.1 Å². The first-order valence-corrected chi connectivity index (χ1v) is 8.85. The van der Waals surface area contributed by atoms with Gasteiger partial charge in [-0.25, -0.2) is 0 Å². The van der Waals surface area contributed by atoms with Crippen molar-refractivity contribution in [3.8, 4) is 11.5 Å². The Kier molecular flexibility index (Phi) is 4.85. The van der Waals surface area contributed by atoms with Crippen LogP contribution in [0.4, 0.5) is 5.69 Å². The zero-order valence-electron chi connectivity index (χ0n) is 11.3. The molecule has 0 spiro atoms. The Bertz CT molecular complexity index is 742. The van der Waals surface area contributed by atoms with Gasteiger partial charge in [-0.3, -0.25) is 4.79 Å². The minimum absolute atomic E-state index is 0.207.